The first-order valence-corrected chi connectivity index (χ1v) is 7.36. The second-order valence-electron chi connectivity index (χ2n) is 3.81. The molecule has 14 heavy (non-hydrogen) atoms. The summed E-state index contributed by atoms with van der Waals surface area (Å²) in [6.07, 6.45) is 6.85. The van der Waals surface area contributed by atoms with Crippen molar-refractivity contribution in [1.82, 2.24) is 4.90 Å². The van der Waals surface area contributed by atoms with E-state index in [-0.39, 0.29) is 5.91 Å². The molecule has 0 N–H and O–H groups in total. The molecule has 0 aromatic carbocycles. The highest BCUT2D eigenvalue weighted by atomic mass is 79.9. The molecule has 1 rings (SSSR count). The minimum atomic E-state index is 0.258. The predicted octanol–water partition coefficient (Wildman–Crippen LogP) is 2.51. The molecule has 0 spiro atoms. The molecular weight excluding hydrogens is 262 g/mol. The Labute approximate surface area is 98.9 Å². The van der Waals surface area contributed by atoms with E-state index in [1.165, 1.54) is 19.3 Å². The molecule has 1 amide bonds. The maximum Gasteiger partial charge on any atom is 0.232 e. The number of alkyl halides is 1. The van der Waals surface area contributed by atoms with Crippen molar-refractivity contribution in [2.45, 2.75) is 36.6 Å². The Kier molecular flexibility index (Phi) is 5.31. The molecule has 82 valence electrons. The zero-order valence-electron chi connectivity index (χ0n) is 8.83. The van der Waals surface area contributed by atoms with Crippen LogP contribution in [0, 0.1) is 0 Å². The van der Waals surface area contributed by atoms with Gasteiger partial charge in [0.05, 0.1) is 5.75 Å². The Morgan fingerprint density at radius 2 is 2.14 bits per heavy atom. The van der Waals surface area contributed by atoms with E-state index in [1.807, 2.05) is 18.2 Å². The van der Waals surface area contributed by atoms with Gasteiger partial charge in [-0.15, -0.1) is 0 Å². The molecule has 2 atom stereocenters. The SMILES string of the molecule is CSCC(=O)N(C)C1CCCCC1Br. The molecule has 1 aliphatic rings. The molecule has 0 bridgehead atoms. The molecule has 0 aliphatic heterocycles. The summed E-state index contributed by atoms with van der Waals surface area (Å²) < 4.78 is 0. The number of amides is 1. The fraction of sp³-hybridized carbons (Fsp3) is 0.900. The Hall–Kier alpha value is 0.300. The predicted molar refractivity (Wildman–Crippen MR) is 66.1 cm³/mol. The van der Waals surface area contributed by atoms with Crippen LogP contribution < -0.4 is 0 Å². The quantitative estimate of drug-likeness (QED) is 0.740. The largest absolute Gasteiger partial charge is 0.341 e. The summed E-state index contributed by atoms with van der Waals surface area (Å²) in [5.41, 5.74) is 0. The highest BCUT2D eigenvalue weighted by molar-refractivity contribution is 9.09. The minimum absolute atomic E-state index is 0.258. The molecule has 4 heteroatoms. The summed E-state index contributed by atoms with van der Waals surface area (Å²) in [6.45, 7) is 0. The summed E-state index contributed by atoms with van der Waals surface area (Å²) in [7, 11) is 1.93. The van der Waals surface area contributed by atoms with Gasteiger partial charge in [0.2, 0.25) is 5.91 Å². The highest BCUT2D eigenvalue weighted by Crippen LogP contribution is 2.28. The first kappa shape index (κ1) is 12.4. The average molecular weight is 280 g/mol. The lowest BCUT2D eigenvalue weighted by atomic mass is 9.94. The zero-order valence-corrected chi connectivity index (χ0v) is 11.2. The van der Waals surface area contributed by atoms with E-state index < -0.39 is 0 Å². The van der Waals surface area contributed by atoms with Gasteiger partial charge in [-0.3, -0.25) is 4.79 Å². The molecule has 0 radical (unpaired) electrons. The van der Waals surface area contributed by atoms with E-state index in [1.54, 1.807) is 11.8 Å². The summed E-state index contributed by atoms with van der Waals surface area (Å²) in [5, 5.41) is 0. The van der Waals surface area contributed by atoms with Crippen molar-refractivity contribution in [2.75, 3.05) is 19.1 Å². The number of rotatable bonds is 3. The Morgan fingerprint density at radius 1 is 1.50 bits per heavy atom. The molecule has 0 aromatic heterocycles. The standard InChI is InChI=1S/C10H18BrNOS/c1-12(10(13)7-14-2)9-6-4-3-5-8(9)11/h8-9H,3-7H2,1-2H3. The Balaban J connectivity index is 2.48. The topological polar surface area (TPSA) is 20.3 Å². The molecule has 1 fully saturated rings. The van der Waals surface area contributed by atoms with Crippen LogP contribution in [0.25, 0.3) is 0 Å². The first-order chi connectivity index (χ1) is 6.66. The minimum Gasteiger partial charge on any atom is -0.341 e. The van der Waals surface area contributed by atoms with Gasteiger partial charge in [-0.05, 0) is 19.1 Å². The molecule has 0 heterocycles. The van der Waals surface area contributed by atoms with Gasteiger partial charge in [0.25, 0.3) is 0 Å². The van der Waals surface area contributed by atoms with Crippen LogP contribution in [0.4, 0.5) is 0 Å². The number of nitrogens with zero attached hydrogens (tertiary/aromatic N) is 1. The van der Waals surface area contributed by atoms with Crippen LogP contribution in [0.2, 0.25) is 0 Å². The molecule has 0 saturated heterocycles. The van der Waals surface area contributed by atoms with Gasteiger partial charge in [0, 0.05) is 17.9 Å². The van der Waals surface area contributed by atoms with Crippen molar-refractivity contribution in [3.05, 3.63) is 0 Å². The second kappa shape index (κ2) is 6.01. The monoisotopic (exact) mass is 279 g/mol. The lowest BCUT2D eigenvalue weighted by Gasteiger charge is -2.35. The van der Waals surface area contributed by atoms with Crippen molar-refractivity contribution in [3.63, 3.8) is 0 Å². The Morgan fingerprint density at radius 3 is 2.71 bits per heavy atom. The van der Waals surface area contributed by atoms with E-state index in [2.05, 4.69) is 15.9 Å². The molecule has 2 unspecified atom stereocenters. The highest BCUT2D eigenvalue weighted by Gasteiger charge is 2.28. The smallest absolute Gasteiger partial charge is 0.232 e. The van der Waals surface area contributed by atoms with Crippen molar-refractivity contribution in [3.8, 4) is 0 Å². The Bertz CT molecular complexity index is 201. The van der Waals surface area contributed by atoms with Crippen LogP contribution in [0.5, 0.6) is 0 Å². The summed E-state index contributed by atoms with van der Waals surface area (Å²) in [6, 6.07) is 0.406. The fourth-order valence-electron chi connectivity index (χ4n) is 1.91. The summed E-state index contributed by atoms with van der Waals surface area (Å²) in [4.78, 5) is 14.1. The number of hydrogen-bond acceptors (Lipinski definition) is 2. The molecule has 2 nitrogen and oxygen atoms in total. The van der Waals surface area contributed by atoms with Gasteiger partial charge in [-0.2, -0.15) is 11.8 Å². The van der Waals surface area contributed by atoms with Crippen LogP contribution in [0.15, 0.2) is 0 Å². The third-order valence-corrected chi connectivity index (χ3v) is 4.41. The second-order valence-corrected chi connectivity index (χ2v) is 5.85. The number of carbonyl (C=O) groups is 1. The number of hydrogen-bond donors (Lipinski definition) is 0. The average Bonchev–Trinajstić information content (AvgIpc) is 2.18. The van der Waals surface area contributed by atoms with E-state index in [0.29, 0.717) is 16.6 Å². The van der Waals surface area contributed by atoms with Gasteiger partial charge >= 0.3 is 0 Å². The lowest BCUT2D eigenvalue weighted by molar-refractivity contribution is -0.129. The summed E-state index contributed by atoms with van der Waals surface area (Å²) in [5.74, 6) is 0.862. The lowest BCUT2D eigenvalue weighted by Crippen LogP contribution is -2.44. The van der Waals surface area contributed by atoms with E-state index >= 15 is 0 Å². The number of carbonyl (C=O) groups excluding carboxylic acids is 1. The van der Waals surface area contributed by atoms with E-state index in [9.17, 15) is 4.79 Å². The third kappa shape index (κ3) is 3.16. The van der Waals surface area contributed by atoms with E-state index in [0.717, 1.165) is 6.42 Å². The van der Waals surface area contributed by atoms with Gasteiger partial charge in [0.15, 0.2) is 0 Å². The van der Waals surface area contributed by atoms with Gasteiger partial charge in [-0.25, -0.2) is 0 Å². The summed E-state index contributed by atoms with van der Waals surface area (Å²) >= 11 is 5.27. The molecule has 1 saturated carbocycles. The van der Waals surface area contributed by atoms with Crippen molar-refractivity contribution >= 4 is 33.6 Å². The molecule has 1 aliphatic carbocycles. The van der Waals surface area contributed by atoms with Crippen LogP contribution in [-0.4, -0.2) is 40.7 Å². The van der Waals surface area contributed by atoms with Crippen molar-refractivity contribution < 1.29 is 4.79 Å². The van der Waals surface area contributed by atoms with Crippen LogP contribution in [-0.2, 0) is 4.79 Å². The number of thioether (sulfide) groups is 1. The zero-order chi connectivity index (χ0) is 10.6. The molecular formula is C10H18BrNOS. The van der Waals surface area contributed by atoms with Gasteiger partial charge < -0.3 is 4.90 Å². The van der Waals surface area contributed by atoms with Crippen LogP contribution >= 0.6 is 27.7 Å². The third-order valence-electron chi connectivity index (χ3n) is 2.81. The van der Waals surface area contributed by atoms with Crippen molar-refractivity contribution in [1.29, 1.82) is 0 Å². The normalized spacial score (nSPS) is 27.4. The first-order valence-electron chi connectivity index (χ1n) is 5.05. The van der Waals surface area contributed by atoms with Crippen LogP contribution in [0.1, 0.15) is 25.7 Å². The van der Waals surface area contributed by atoms with E-state index in [4.69, 9.17) is 0 Å². The number of halogens is 1. The van der Waals surface area contributed by atoms with Gasteiger partial charge in [0.1, 0.15) is 0 Å². The fourth-order valence-corrected chi connectivity index (χ4v) is 3.31. The maximum absolute atomic E-state index is 11.7. The van der Waals surface area contributed by atoms with Gasteiger partial charge in [-0.1, -0.05) is 28.8 Å². The maximum atomic E-state index is 11.7. The van der Waals surface area contributed by atoms with Crippen LogP contribution in [0.3, 0.4) is 0 Å². The van der Waals surface area contributed by atoms with Crippen molar-refractivity contribution in [2.24, 2.45) is 0 Å². The molecule has 0 aromatic rings.